The quantitative estimate of drug-likeness (QED) is 0.237. The molecule has 0 saturated carbocycles. The van der Waals surface area contributed by atoms with Gasteiger partial charge in [0.2, 0.25) is 0 Å². The summed E-state index contributed by atoms with van der Waals surface area (Å²) in [6, 6.07) is 20.2. The molecule has 0 saturated heterocycles. The molecule has 0 radical (unpaired) electrons. The summed E-state index contributed by atoms with van der Waals surface area (Å²) in [5.41, 5.74) is 3.63. The van der Waals surface area contributed by atoms with Gasteiger partial charge in [0.05, 0.1) is 11.6 Å². The molecule has 2 aromatic heterocycles. The van der Waals surface area contributed by atoms with Crippen LogP contribution in [0.25, 0.3) is 22.6 Å². The zero-order valence-electron chi connectivity index (χ0n) is 20.6. The van der Waals surface area contributed by atoms with E-state index in [0.29, 0.717) is 32.0 Å². The Morgan fingerprint density at radius 2 is 1.78 bits per heavy atom. The number of nitrogens with zero attached hydrogens (tertiary/aromatic N) is 6. The summed E-state index contributed by atoms with van der Waals surface area (Å²) in [6.07, 6.45) is 5.03. The van der Waals surface area contributed by atoms with Crippen molar-refractivity contribution in [3.63, 3.8) is 0 Å². The number of rotatable bonds is 9. The maximum atomic E-state index is 12.7. The van der Waals surface area contributed by atoms with Gasteiger partial charge in [-0.25, -0.2) is 0 Å². The molecule has 36 heavy (non-hydrogen) atoms. The van der Waals surface area contributed by atoms with Gasteiger partial charge in [0, 0.05) is 0 Å². The zero-order valence-corrected chi connectivity index (χ0v) is 22.3. The van der Waals surface area contributed by atoms with E-state index in [-0.39, 0.29) is 11.6 Å². The Hall–Kier alpha value is -3.63. The molecule has 0 aliphatic heterocycles. The summed E-state index contributed by atoms with van der Waals surface area (Å²) in [5, 5.41) is 15.0. The van der Waals surface area contributed by atoms with Gasteiger partial charge < -0.3 is 0 Å². The minimum absolute atomic E-state index is 0.190. The van der Waals surface area contributed by atoms with Crippen LogP contribution in [0.4, 0.5) is 0 Å². The van der Waals surface area contributed by atoms with Crippen molar-refractivity contribution in [1.82, 2.24) is 24.6 Å². The molecule has 1 unspecified atom stereocenters. The number of nitriles is 1. The van der Waals surface area contributed by atoms with Gasteiger partial charge in [-0.2, -0.15) is 5.26 Å². The number of hydrogen-bond donors (Lipinski definition) is 0. The van der Waals surface area contributed by atoms with Crippen molar-refractivity contribution in [3.8, 4) is 28.7 Å². The van der Waals surface area contributed by atoms with Gasteiger partial charge in [-0.05, 0) is 12.1 Å². The molecule has 2 heterocycles. The van der Waals surface area contributed by atoms with Crippen LogP contribution in [-0.4, -0.2) is 60.2 Å². The molecule has 0 bridgehead atoms. The molecule has 0 fully saturated rings. The molecule has 0 aliphatic rings. The second kappa shape index (κ2) is 11.9. The second-order valence-corrected chi connectivity index (χ2v) is 11.2. The van der Waals surface area contributed by atoms with Crippen LogP contribution in [0.1, 0.15) is 30.5 Å². The average molecular weight is 544 g/mol. The van der Waals surface area contributed by atoms with Crippen molar-refractivity contribution >= 4 is 19.4 Å². The van der Waals surface area contributed by atoms with E-state index in [4.69, 9.17) is 0 Å². The first-order valence-corrected chi connectivity index (χ1v) is 13.8. The topological polar surface area (TPSA) is 87.7 Å². The first-order chi connectivity index (χ1) is 17.4. The Labute approximate surface area is 217 Å². The van der Waals surface area contributed by atoms with Crippen molar-refractivity contribution < 1.29 is 0 Å². The van der Waals surface area contributed by atoms with Crippen LogP contribution in [0, 0.1) is 11.3 Å². The van der Waals surface area contributed by atoms with Crippen LogP contribution in [-0.2, 0) is 0 Å². The molecule has 0 amide bonds. The van der Waals surface area contributed by atoms with E-state index < -0.39 is 0 Å². The summed E-state index contributed by atoms with van der Waals surface area (Å²) < 4.78 is 2.68. The van der Waals surface area contributed by atoms with Crippen LogP contribution < -0.4 is 10.0 Å². The fourth-order valence-electron chi connectivity index (χ4n) is 3.79. The van der Waals surface area contributed by atoms with E-state index in [1.165, 1.54) is 27.0 Å². The molecule has 4 rings (SSSR count). The molecule has 182 valence electrons. The molecule has 2 aromatic carbocycles. The molecule has 0 spiro atoms. The van der Waals surface area contributed by atoms with E-state index in [9.17, 15) is 10.1 Å². The molecule has 7 nitrogen and oxygen atoms in total. The van der Waals surface area contributed by atoms with Crippen LogP contribution in [0.3, 0.4) is 0 Å². The Morgan fingerprint density at radius 3 is 2.53 bits per heavy atom. The van der Waals surface area contributed by atoms with Crippen molar-refractivity contribution in [3.05, 3.63) is 94.5 Å². The van der Waals surface area contributed by atoms with Crippen molar-refractivity contribution in [2.24, 2.45) is 0 Å². The fourth-order valence-corrected chi connectivity index (χ4v) is 5.40. The Kier molecular flexibility index (Phi) is 8.40. The Balaban J connectivity index is 1.54. The normalized spacial score (nSPS) is 11.9. The molecule has 0 N–H and O–H groups in total. The molecular weight excluding hydrogens is 515 g/mol. The Bertz CT molecular complexity index is 1430. The van der Waals surface area contributed by atoms with E-state index in [0.717, 1.165) is 23.2 Å². The van der Waals surface area contributed by atoms with E-state index >= 15 is 0 Å². The number of benzene rings is 2. The van der Waals surface area contributed by atoms with Gasteiger partial charge in [0.15, 0.2) is 0 Å². The molecule has 1 atom stereocenters. The number of hydrogen-bond acceptors (Lipinski definition) is 6. The summed E-state index contributed by atoms with van der Waals surface area (Å²) in [7, 11) is 4.19. The van der Waals surface area contributed by atoms with Gasteiger partial charge in [-0.15, -0.1) is 0 Å². The number of aromatic nitrogens is 4. The van der Waals surface area contributed by atoms with Gasteiger partial charge >= 0.3 is 177 Å². The summed E-state index contributed by atoms with van der Waals surface area (Å²) in [5.74, 6) is 0.666. The van der Waals surface area contributed by atoms with Crippen LogP contribution in [0.2, 0.25) is 5.32 Å². The minimum atomic E-state index is -0.296. The standard InChI is InChI=1S/C28H28N6OSe/c1-20(34-27(35)12-11-26(32-34)23-9-4-7-21(15-23)17-29)22-8-5-10-24(16-22)28-30-18-25(19-31-28)36-14-6-13-33(2)3/h4-5,7-12,15-16,18-20H,6,13-14H2,1-3H3. The summed E-state index contributed by atoms with van der Waals surface area (Å²) in [6.45, 7) is 3.04. The first kappa shape index (κ1) is 25.5. The van der Waals surface area contributed by atoms with Gasteiger partial charge in [0.1, 0.15) is 0 Å². The SMILES string of the molecule is CC(c1cccc(-c2ncc([Se]CCCN(C)C)cn2)c1)n1nc(-c2cccc(C#N)c2)ccc1=O. The monoisotopic (exact) mass is 544 g/mol. The molecule has 0 aliphatic carbocycles. The summed E-state index contributed by atoms with van der Waals surface area (Å²) >= 11 is 0.371. The third-order valence-electron chi connectivity index (χ3n) is 5.75. The second-order valence-electron chi connectivity index (χ2n) is 8.74. The maximum absolute atomic E-state index is 12.7. The van der Waals surface area contributed by atoms with E-state index in [1.54, 1.807) is 18.2 Å². The van der Waals surface area contributed by atoms with Gasteiger partial charge in [0.25, 0.3) is 0 Å². The summed E-state index contributed by atoms with van der Waals surface area (Å²) in [4.78, 5) is 24.1. The zero-order chi connectivity index (χ0) is 25.5. The third kappa shape index (κ3) is 6.32. The van der Waals surface area contributed by atoms with Gasteiger partial charge in [-0.3, -0.25) is 0 Å². The molecular formula is C28H28N6OSe. The third-order valence-corrected chi connectivity index (χ3v) is 7.93. The Morgan fingerprint density at radius 1 is 1.03 bits per heavy atom. The average Bonchev–Trinajstić information content (AvgIpc) is 2.91. The van der Waals surface area contributed by atoms with Crippen molar-refractivity contribution in [2.75, 3.05) is 20.6 Å². The predicted molar refractivity (Wildman–Crippen MR) is 143 cm³/mol. The molecule has 4 aromatic rings. The van der Waals surface area contributed by atoms with Crippen LogP contribution in [0.15, 0.2) is 77.9 Å². The van der Waals surface area contributed by atoms with E-state index in [2.05, 4.69) is 40.1 Å². The van der Waals surface area contributed by atoms with Crippen molar-refractivity contribution in [1.29, 1.82) is 5.26 Å². The van der Waals surface area contributed by atoms with Gasteiger partial charge in [-0.1, -0.05) is 12.1 Å². The van der Waals surface area contributed by atoms with E-state index in [1.807, 2.05) is 55.7 Å². The molecule has 8 heteroatoms. The fraction of sp³-hybridized carbons (Fsp3) is 0.250. The predicted octanol–water partition coefficient (Wildman–Crippen LogP) is 3.55. The van der Waals surface area contributed by atoms with Crippen LogP contribution >= 0.6 is 0 Å². The first-order valence-electron chi connectivity index (χ1n) is 11.7. The van der Waals surface area contributed by atoms with Crippen molar-refractivity contribution in [2.45, 2.75) is 24.7 Å². The van der Waals surface area contributed by atoms with Crippen LogP contribution in [0.5, 0.6) is 0 Å².